The summed E-state index contributed by atoms with van der Waals surface area (Å²) in [7, 11) is 1.60. The number of carboxylic acid groups (broad SMARTS) is 1. The lowest BCUT2D eigenvalue weighted by Crippen LogP contribution is -2.32. The Morgan fingerprint density at radius 3 is 2.50 bits per heavy atom. The molecule has 24 heavy (non-hydrogen) atoms. The molecular weight excluding hydrogens is 306 g/mol. The summed E-state index contributed by atoms with van der Waals surface area (Å²) in [6.45, 7) is 3.69. The number of benzene rings is 2. The maximum absolute atomic E-state index is 12.6. The van der Waals surface area contributed by atoms with Gasteiger partial charge in [0.15, 0.2) is 0 Å². The first-order valence-corrected chi connectivity index (χ1v) is 7.60. The number of hydrogen-bond donors (Lipinski definition) is 2. The highest BCUT2D eigenvalue weighted by Crippen LogP contribution is 2.29. The molecule has 2 N–H and O–H groups in total. The van der Waals surface area contributed by atoms with Crippen LogP contribution in [0.2, 0.25) is 0 Å². The fraction of sp³-hybridized carbons (Fsp3) is 0.263. The summed E-state index contributed by atoms with van der Waals surface area (Å²) in [4.78, 5) is 23.6. The Hall–Kier alpha value is -2.82. The van der Waals surface area contributed by atoms with Crippen LogP contribution >= 0.6 is 0 Å². The van der Waals surface area contributed by atoms with Gasteiger partial charge in [0, 0.05) is 11.1 Å². The van der Waals surface area contributed by atoms with Gasteiger partial charge in [-0.25, -0.2) is 4.79 Å². The average molecular weight is 327 g/mol. The van der Waals surface area contributed by atoms with Gasteiger partial charge < -0.3 is 15.2 Å². The average Bonchev–Trinajstić information content (AvgIpc) is 2.55. The van der Waals surface area contributed by atoms with Crippen LogP contribution in [-0.4, -0.2) is 24.1 Å². The zero-order chi connectivity index (χ0) is 17.7. The minimum atomic E-state index is -1.03. The van der Waals surface area contributed by atoms with Gasteiger partial charge in [-0.15, -0.1) is 0 Å². The highest BCUT2D eigenvalue weighted by molar-refractivity contribution is 5.96. The number of methoxy groups -OCH3 is 1. The molecule has 0 saturated carbocycles. The molecule has 0 fully saturated rings. The molecule has 0 aliphatic heterocycles. The molecule has 0 unspecified atom stereocenters. The van der Waals surface area contributed by atoms with Crippen molar-refractivity contribution in [3.8, 4) is 5.75 Å². The van der Waals surface area contributed by atoms with Crippen LogP contribution in [0.1, 0.15) is 29.8 Å². The van der Waals surface area contributed by atoms with Gasteiger partial charge in [0.05, 0.1) is 12.7 Å². The quantitative estimate of drug-likeness (QED) is 0.850. The summed E-state index contributed by atoms with van der Waals surface area (Å²) in [6.07, 6.45) is 0.501. The summed E-state index contributed by atoms with van der Waals surface area (Å²) in [5.41, 5.74) is 0.858. The van der Waals surface area contributed by atoms with E-state index in [0.29, 0.717) is 12.1 Å². The van der Waals surface area contributed by atoms with Gasteiger partial charge in [0.1, 0.15) is 5.75 Å². The zero-order valence-corrected chi connectivity index (χ0v) is 14.0. The number of carboxylic acids is 1. The molecule has 0 aromatic heterocycles. The Morgan fingerprint density at radius 1 is 1.12 bits per heavy atom. The third kappa shape index (κ3) is 4.13. The summed E-state index contributed by atoms with van der Waals surface area (Å²) < 4.78 is 5.33. The predicted octanol–water partition coefficient (Wildman–Crippen LogP) is 3.60. The molecular formula is C19H21NO4. The van der Waals surface area contributed by atoms with E-state index in [9.17, 15) is 9.59 Å². The highest BCUT2D eigenvalue weighted by Gasteiger charge is 2.29. The van der Waals surface area contributed by atoms with Crippen molar-refractivity contribution in [2.75, 3.05) is 12.4 Å². The Balaban J connectivity index is 2.15. The molecule has 0 saturated heterocycles. The van der Waals surface area contributed by atoms with Crippen molar-refractivity contribution in [3.05, 3.63) is 59.7 Å². The van der Waals surface area contributed by atoms with E-state index in [1.54, 1.807) is 19.2 Å². The molecule has 2 aromatic rings. The van der Waals surface area contributed by atoms with Crippen LogP contribution < -0.4 is 10.1 Å². The standard InChI is InChI=1S/C19H21NO4/c1-19(2,12-14-7-4-5-10-16(14)24-3)18(23)20-15-9-6-8-13(11-15)17(21)22/h4-11H,12H2,1-3H3,(H,20,23)(H,21,22). The number of nitrogens with one attached hydrogen (secondary N) is 1. The third-order valence-electron chi connectivity index (χ3n) is 3.81. The molecule has 5 nitrogen and oxygen atoms in total. The van der Waals surface area contributed by atoms with Crippen molar-refractivity contribution in [2.45, 2.75) is 20.3 Å². The molecule has 126 valence electrons. The minimum absolute atomic E-state index is 0.135. The molecule has 0 heterocycles. The normalized spacial score (nSPS) is 11.0. The van der Waals surface area contributed by atoms with Crippen molar-refractivity contribution in [1.29, 1.82) is 0 Å². The number of carbonyl (C=O) groups is 2. The predicted molar refractivity (Wildman–Crippen MR) is 92.5 cm³/mol. The molecule has 2 aromatic carbocycles. The van der Waals surface area contributed by atoms with E-state index in [1.807, 2.05) is 38.1 Å². The zero-order valence-electron chi connectivity index (χ0n) is 14.0. The number of ether oxygens (including phenoxy) is 1. The van der Waals surface area contributed by atoms with Gasteiger partial charge in [-0.2, -0.15) is 0 Å². The summed E-state index contributed by atoms with van der Waals surface area (Å²) >= 11 is 0. The second-order valence-corrected chi connectivity index (χ2v) is 6.21. The van der Waals surface area contributed by atoms with Crippen molar-refractivity contribution >= 4 is 17.6 Å². The monoisotopic (exact) mass is 327 g/mol. The van der Waals surface area contributed by atoms with Gasteiger partial charge in [0.2, 0.25) is 5.91 Å². The van der Waals surface area contributed by atoms with E-state index < -0.39 is 11.4 Å². The molecule has 0 radical (unpaired) electrons. The lowest BCUT2D eigenvalue weighted by Gasteiger charge is -2.24. The van der Waals surface area contributed by atoms with Crippen LogP contribution in [0, 0.1) is 5.41 Å². The van der Waals surface area contributed by atoms with Crippen LogP contribution in [0.15, 0.2) is 48.5 Å². The number of anilines is 1. The number of carbonyl (C=O) groups excluding carboxylic acids is 1. The molecule has 0 aliphatic rings. The summed E-state index contributed by atoms with van der Waals surface area (Å²) in [5, 5.41) is 11.8. The molecule has 0 spiro atoms. The first-order chi connectivity index (χ1) is 11.3. The molecule has 0 aliphatic carbocycles. The maximum Gasteiger partial charge on any atom is 0.335 e. The van der Waals surface area contributed by atoms with Gasteiger partial charge in [-0.3, -0.25) is 4.79 Å². The van der Waals surface area contributed by atoms with Crippen LogP contribution in [0.4, 0.5) is 5.69 Å². The van der Waals surface area contributed by atoms with E-state index >= 15 is 0 Å². The topological polar surface area (TPSA) is 75.6 Å². The van der Waals surface area contributed by atoms with E-state index in [-0.39, 0.29) is 11.5 Å². The molecule has 0 bridgehead atoms. The lowest BCUT2D eigenvalue weighted by molar-refractivity contribution is -0.123. The first-order valence-electron chi connectivity index (χ1n) is 7.60. The van der Waals surface area contributed by atoms with E-state index in [4.69, 9.17) is 9.84 Å². The Labute approximate surface area is 141 Å². The van der Waals surface area contributed by atoms with Crippen molar-refractivity contribution in [1.82, 2.24) is 0 Å². The smallest absolute Gasteiger partial charge is 0.335 e. The lowest BCUT2D eigenvalue weighted by atomic mass is 9.84. The Bertz CT molecular complexity index is 753. The fourth-order valence-electron chi connectivity index (χ4n) is 2.44. The van der Waals surface area contributed by atoms with Crippen molar-refractivity contribution < 1.29 is 19.4 Å². The largest absolute Gasteiger partial charge is 0.496 e. The number of para-hydroxylation sites is 1. The van der Waals surface area contributed by atoms with Gasteiger partial charge >= 0.3 is 5.97 Å². The van der Waals surface area contributed by atoms with Crippen molar-refractivity contribution in [2.24, 2.45) is 5.41 Å². The summed E-state index contributed by atoms with van der Waals surface area (Å²) in [5.74, 6) is -0.471. The first kappa shape index (κ1) is 17.5. The number of rotatable bonds is 6. The Kier molecular flexibility index (Phi) is 5.24. The van der Waals surface area contributed by atoms with Gasteiger partial charge in [-0.05, 0) is 36.2 Å². The minimum Gasteiger partial charge on any atom is -0.496 e. The van der Waals surface area contributed by atoms with Crippen LogP contribution in [0.25, 0.3) is 0 Å². The second-order valence-electron chi connectivity index (χ2n) is 6.21. The number of aromatic carboxylic acids is 1. The number of hydrogen-bond acceptors (Lipinski definition) is 3. The van der Waals surface area contributed by atoms with Crippen molar-refractivity contribution in [3.63, 3.8) is 0 Å². The van der Waals surface area contributed by atoms with E-state index in [1.165, 1.54) is 12.1 Å². The van der Waals surface area contributed by atoms with Crippen LogP contribution in [-0.2, 0) is 11.2 Å². The molecule has 2 rings (SSSR count). The SMILES string of the molecule is COc1ccccc1CC(C)(C)C(=O)Nc1cccc(C(=O)O)c1. The van der Waals surface area contributed by atoms with Gasteiger partial charge in [0.25, 0.3) is 0 Å². The molecule has 1 amide bonds. The van der Waals surface area contributed by atoms with Crippen LogP contribution in [0.5, 0.6) is 5.75 Å². The third-order valence-corrected chi connectivity index (χ3v) is 3.81. The second kappa shape index (κ2) is 7.17. The number of amides is 1. The van der Waals surface area contributed by atoms with Gasteiger partial charge in [-0.1, -0.05) is 38.1 Å². The van der Waals surface area contributed by atoms with E-state index in [0.717, 1.165) is 11.3 Å². The maximum atomic E-state index is 12.6. The molecule has 5 heteroatoms. The fourth-order valence-corrected chi connectivity index (χ4v) is 2.44. The Morgan fingerprint density at radius 2 is 1.83 bits per heavy atom. The van der Waals surface area contributed by atoms with E-state index in [2.05, 4.69) is 5.32 Å². The highest BCUT2D eigenvalue weighted by atomic mass is 16.5. The summed E-state index contributed by atoms with van der Waals surface area (Å²) in [6, 6.07) is 13.8. The molecule has 0 atom stereocenters. The van der Waals surface area contributed by atoms with Crippen LogP contribution in [0.3, 0.4) is 0 Å².